The highest BCUT2D eigenvalue weighted by molar-refractivity contribution is 5.85. The summed E-state index contributed by atoms with van der Waals surface area (Å²) >= 11 is 0. The summed E-state index contributed by atoms with van der Waals surface area (Å²) in [4.78, 5) is 12.0. The van der Waals surface area contributed by atoms with Gasteiger partial charge in [0.25, 0.3) is 5.91 Å². The number of nitrogens with zero attached hydrogens (tertiary/aromatic N) is 1. The van der Waals surface area contributed by atoms with E-state index in [1.54, 1.807) is 0 Å². The Bertz CT molecular complexity index is 426. The van der Waals surface area contributed by atoms with E-state index >= 15 is 0 Å². The second-order valence-electron chi connectivity index (χ2n) is 5.16. The fourth-order valence-corrected chi connectivity index (χ4v) is 2.66. The van der Waals surface area contributed by atoms with Crippen LogP contribution in [0, 0.1) is 0 Å². The zero-order chi connectivity index (χ0) is 13.9. The first-order valence-corrected chi connectivity index (χ1v) is 7.07. The number of aromatic nitrogens is 1. The lowest BCUT2D eigenvalue weighted by atomic mass is 10.0. The number of nitrogens with one attached hydrogen (secondary N) is 1. The van der Waals surface area contributed by atoms with E-state index in [2.05, 4.69) is 10.5 Å². The van der Waals surface area contributed by atoms with Crippen LogP contribution in [0.1, 0.15) is 56.5 Å². The van der Waals surface area contributed by atoms with Crippen molar-refractivity contribution in [3.63, 3.8) is 0 Å². The number of aryl methyl sites for hydroxylation is 2. The second-order valence-corrected chi connectivity index (χ2v) is 5.16. The van der Waals surface area contributed by atoms with Gasteiger partial charge in [-0.1, -0.05) is 19.0 Å². The molecule has 1 aromatic rings. The Labute approximate surface area is 113 Å². The molecule has 19 heavy (non-hydrogen) atoms. The number of hydrogen-bond acceptors (Lipinski definition) is 4. The van der Waals surface area contributed by atoms with Crippen LogP contribution in [0.2, 0.25) is 0 Å². The van der Waals surface area contributed by atoms with E-state index in [0.717, 1.165) is 42.7 Å². The predicted octanol–water partition coefficient (Wildman–Crippen LogP) is 1.72. The van der Waals surface area contributed by atoms with Crippen molar-refractivity contribution in [2.75, 3.05) is 0 Å². The van der Waals surface area contributed by atoms with Gasteiger partial charge in [0, 0.05) is 18.5 Å². The van der Waals surface area contributed by atoms with E-state index in [0.29, 0.717) is 19.4 Å². The zero-order valence-electron chi connectivity index (χ0n) is 11.7. The minimum Gasteiger partial charge on any atom is -0.380 e. The van der Waals surface area contributed by atoms with Gasteiger partial charge in [0.2, 0.25) is 0 Å². The third-order valence-electron chi connectivity index (χ3n) is 3.89. The number of carbonyl (C=O) groups is 1. The van der Waals surface area contributed by atoms with Crippen LogP contribution in [0.3, 0.4) is 0 Å². The molecule has 106 valence electrons. The molecule has 0 atom stereocenters. The summed E-state index contributed by atoms with van der Waals surface area (Å²) in [5.41, 5.74) is 0.672. The summed E-state index contributed by atoms with van der Waals surface area (Å²) in [7, 11) is 0. The summed E-state index contributed by atoms with van der Waals surface area (Å²) in [6.07, 6.45) is 4.48. The van der Waals surface area contributed by atoms with Gasteiger partial charge in [-0.05, 0) is 32.1 Å². The molecular weight excluding hydrogens is 244 g/mol. The van der Waals surface area contributed by atoms with Crippen LogP contribution in [0.5, 0.6) is 0 Å². The number of amides is 1. The van der Waals surface area contributed by atoms with Crippen LogP contribution in [0.25, 0.3) is 0 Å². The average molecular weight is 266 g/mol. The molecule has 0 aromatic carbocycles. The third kappa shape index (κ3) is 2.81. The molecule has 0 radical (unpaired) electrons. The van der Waals surface area contributed by atoms with Crippen LogP contribution < -0.4 is 5.32 Å². The first-order chi connectivity index (χ1) is 9.10. The minimum atomic E-state index is -1.17. The van der Waals surface area contributed by atoms with Gasteiger partial charge in [-0.3, -0.25) is 4.79 Å². The van der Waals surface area contributed by atoms with E-state index in [4.69, 9.17) is 4.52 Å². The molecule has 1 amide bonds. The molecule has 1 aromatic heterocycles. The molecule has 0 saturated heterocycles. The van der Waals surface area contributed by atoms with Crippen molar-refractivity contribution in [3.05, 3.63) is 17.0 Å². The Morgan fingerprint density at radius 1 is 1.37 bits per heavy atom. The molecule has 5 nitrogen and oxygen atoms in total. The molecule has 0 aliphatic heterocycles. The largest absolute Gasteiger partial charge is 0.380 e. The fraction of sp³-hybridized carbons (Fsp3) is 0.714. The Morgan fingerprint density at radius 3 is 2.63 bits per heavy atom. The van der Waals surface area contributed by atoms with E-state index in [9.17, 15) is 9.90 Å². The molecule has 1 aliphatic carbocycles. The molecule has 0 unspecified atom stereocenters. The lowest BCUT2D eigenvalue weighted by Crippen LogP contribution is -2.44. The molecule has 1 aliphatic rings. The fourth-order valence-electron chi connectivity index (χ4n) is 2.66. The van der Waals surface area contributed by atoms with Gasteiger partial charge in [0.05, 0.1) is 5.69 Å². The van der Waals surface area contributed by atoms with Gasteiger partial charge in [0.15, 0.2) is 0 Å². The molecule has 1 saturated carbocycles. The van der Waals surface area contributed by atoms with Crippen molar-refractivity contribution < 1.29 is 14.4 Å². The monoisotopic (exact) mass is 266 g/mol. The molecule has 5 heteroatoms. The summed E-state index contributed by atoms with van der Waals surface area (Å²) in [6, 6.07) is 0. The molecule has 0 spiro atoms. The quantitative estimate of drug-likeness (QED) is 0.851. The second kappa shape index (κ2) is 5.74. The number of aliphatic hydroxyl groups is 1. The smallest absolute Gasteiger partial charge is 0.252 e. The van der Waals surface area contributed by atoms with Crippen LogP contribution in [-0.2, 0) is 24.2 Å². The van der Waals surface area contributed by atoms with Crippen molar-refractivity contribution in [1.29, 1.82) is 0 Å². The van der Waals surface area contributed by atoms with E-state index in [1.165, 1.54) is 0 Å². The maximum atomic E-state index is 12.0. The van der Waals surface area contributed by atoms with E-state index < -0.39 is 5.60 Å². The molecular formula is C14H22N2O3. The third-order valence-corrected chi connectivity index (χ3v) is 3.89. The molecule has 1 heterocycles. The van der Waals surface area contributed by atoms with Gasteiger partial charge in [-0.2, -0.15) is 0 Å². The highest BCUT2D eigenvalue weighted by Crippen LogP contribution is 2.29. The lowest BCUT2D eigenvalue weighted by molar-refractivity contribution is -0.139. The van der Waals surface area contributed by atoms with Crippen molar-refractivity contribution in [2.45, 2.75) is 64.5 Å². The van der Waals surface area contributed by atoms with Crippen molar-refractivity contribution in [2.24, 2.45) is 0 Å². The van der Waals surface area contributed by atoms with Gasteiger partial charge < -0.3 is 14.9 Å². The van der Waals surface area contributed by atoms with Crippen LogP contribution in [-0.4, -0.2) is 21.8 Å². The first-order valence-electron chi connectivity index (χ1n) is 7.07. The van der Waals surface area contributed by atoms with Gasteiger partial charge in [0.1, 0.15) is 11.4 Å². The van der Waals surface area contributed by atoms with Crippen molar-refractivity contribution >= 4 is 5.91 Å². The Morgan fingerprint density at radius 2 is 2.05 bits per heavy atom. The predicted molar refractivity (Wildman–Crippen MR) is 70.5 cm³/mol. The van der Waals surface area contributed by atoms with Crippen LogP contribution in [0.4, 0.5) is 0 Å². The summed E-state index contributed by atoms with van der Waals surface area (Å²) in [6.45, 7) is 4.39. The van der Waals surface area contributed by atoms with Gasteiger partial charge in [-0.15, -0.1) is 0 Å². The van der Waals surface area contributed by atoms with Crippen molar-refractivity contribution in [1.82, 2.24) is 10.5 Å². The Kier molecular flexibility index (Phi) is 4.24. The molecule has 2 N–H and O–H groups in total. The number of rotatable bonds is 5. The average Bonchev–Trinajstić information content (AvgIpc) is 3.02. The van der Waals surface area contributed by atoms with Gasteiger partial charge in [-0.25, -0.2) is 0 Å². The summed E-state index contributed by atoms with van der Waals surface area (Å²) < 4.78 is 5.25. The maximum Gasteiger partial charge on any atom is 0.252 e. The maximum absolute atomic E-state index is 12.0. The minimum absolute atomic E-state index is 0.268. The number of hydrogen-bond donors (Lipinski definition) is 2. The van der Waals surface area contributed by atoms with Crippen molar-refractivity contribution in [3.8, 4) is 0 Å². The highest BCUT2D eigenvalue weighted by atomic mass is 16.5. The zero-order valence-corrected chi connectivity index (χ0v) is 11.7. The summed E-state index contributed by atoms with van der Waals surface area (Å²) in [5, 5.41) is 17.0. The normalized spacial score (nSPS) is 17.6. The lowest BCUT2D eigenvalue weighted by Gasteiger charge is -2.20. The van der Waals surface area contributed by atoms with Crippen LogP contribution >= 0.6 is 0 Å². The molecule has 1 fully saturated rings. The first kappa shape index (κ1) is 14.1. The Balaban J connectivity index is 2.02. The van der Waals surface area contributed by atoms with E-state index in [1.807, 2.05) is 13.8 Å². The van der Waals surface area contributed by atoms with Crippen LogP contribution in [0.15, 0.2) is 4.52 Å². The topological polar surface area (TPSA) is 75.4 Å². The summed E-state index contributed by atoms with van der Waals surface area (Å²) in [5.74, 6) is 0.547. The molecule has 2 rings (SSSR count). The Hall–Kier alpha value is -1.36. The van der Waals surface area contributed by atoms with Gasteiger partial charge >= 0.3 is 0 Å². The number of carbonyl (C=O) groups excluding carboxylic acids is 1. The standard InChI is InChI=1S/C14H22N2O3/c1-3-11-10(12(4-2)19-16-11)9-15-13(17)14(18)7-5-6-8-14/h18H,3-9H2,1-2H3,(H,15,17). The SMILES string of the molecule is CCc1noc(CC)c1CNC(=O)C1(O)CCCC1. The highest BCUT2D eigenvalue weighted by Gasteiger charge is 2.38. The molecule has 0 bridgehead atoms. The van der Waals surface area contributed by atoms with E-state index in [-0.39, 0.29) is 5.91 Å².